The fraction of sp³-hybridized carbons (Fsp3) is 0.469. The highest BCUT2D eigenvalue weighted by molar-refractivity contribution is 7.93. The van der Waals surface area contributed by atoms with E-state index in [-0.39, 0.29) is 17.5 Å². The first-order valence-electron chi connectivity index (χ1n) is 14.8. The number of hydrogen-bond acceptors (Lipinski definition) is 6. The van der Waals surface area contributed by atoms with Crippen molar-refractivity contribution in [2.75, 3.05) is 10.1 Å². The normalized spacial score (nSPS) is 16.5. The number of amidine groups is 1. The Morgan fingerprint density at radius 2 is 1.76 bits per heavy atom. The summed E-state index contributed by atoms with van der Waals surface area (Å²) < 4.78 is 34.6. The molecule has 2 aliphatic rings. The molecule has 0 unspecified atom stereocenters. The highest BCUT2D eigenvalue weighted by Gasteiger charge is 2.49. The van der Waals surface area contributed by atoms with Crippen molar-refractivity contribution in [1.29, 1.82) is 0 Å². The van der Waals surface area contributed by atoms with Crippen molar-refractivity contribution in [1.82, 2.24) is 10.1 Å². The lowest BCUT2D eigenvalue weighted by Gasteiger charge is -2.27. The predicted octanol–water partition coefficient (Wildman–Crippen LogP) is 7.08. The third-order valence-corrected chi connectivity index (χ3v) is 10.1. The second kappa shape index (κ2) is 11.8. The number of carbonyl (C=O) groups is 1. The van der Waals surface area contributed by atoms with E-state index in [1.54, 1.807) is 6.92 Å². The summed E-state index contributed by atoms with van der Waals surface area (Å²) in [6.45, 7) is 7.92. The van der Waals surface area contributed by atoms with E-state index in [1.807, 2.05) is 67.3 Å². The maximum atomic E-state index is 13.9. The van der Waals surface area contributed by atoms with Crippen molar-refractivity contribution in [2.24, 2.45) is 4.99 Å². The van der Waals surface area contributed by atoms with Gasteiger partial charge in [-0.05, 0) is 56.7 Å². The minimum atomic E-state index is -3.81. The second-order valence-corrected chi connectivity index (χ2v) is 13.2. The van der Waals surface area contributed by atoms with E-state index in [0.29, 0.717) is 30.0 Å². The SMILES string of the molecule is CCCCC1=NC2(CCCC2)C(=O)N1Cc1ccc(-c2ccccc2)c(N(c2noc(C)c2C)S(=O)(=O)CCC)c1. The summed E-state index contributed by atoms with van der Waals surface area (Å²) >= 11 is 0. The Morgan fingerprint density at radius 1 is 1.02 bits per heavy atom. The molecule has 2 heterocycles. The quantitative estimate of drug-likeness (QED) is 0.243. The maximum absolute atomic E-state index is 13.9. The Balaban J connectivity index is 1.63. The maximum Gasteiger partial charge on any atom is 0.256 e. The van der Waals surface area contributed by atoms with Crippen LogP contribution in [0.1, 0.15) is 82.1 Å². The van der Waals surface area contributed by atoms with E-state index in [9.17, 15) is 13.2 Å². The summed E-state index contributed by atoms with van der Waals surface area (Å²) in [4.78, 5) is 20.7. The zero-order valence-corrected chi connectivity index (χ0v) is 25.3. The van der Waals surface area contributed by atoms with Gasteiger partial charge in [-0.2, -0.15) is 0 Å². The fourth-order valence-electron chi connectivity index (χ4n) is 5.93. The van der Waals surface area contributed by atoms with Crippen LogP contribution in [-0.2, 0) is 21.4 Å². The van der Waals surface area contributed by atoms with Crippen LogP contribution < -0.4 is 4.31 Å². The zero-order valence-electron chi connectivity index (χ0n) is 24.5. The predicted molar refractivity (Wildman–Crippen MR) is 163 cm³/mol. The molecule has 1 spiro atoms. The number of aryl methyl sites for hydroxylation is 1. The molecule has 41 heavy (non-hydrogen) atoms. The van der Waals surface area contributed by atoms with Crippen LogP contribution >= 0.6 is 0 Å². The first kappa shape index (κ1) is 29.0. The Kier molecular flexibility index (Phi) is 8.36. The minimum absolute atomic E-state index is 0.0439. The van der Waals surface area contributed by atoms with Crippen LogP contribution in [0.3, 0.4) is 0 Å². The van der Waals surface area contributed by atoms with Gasteiger partial charge in [0.05, 0.1) is 18.0 Å². The van der Waals surface area contributed by atoms with Crippen LogP contribution in [-0.4, -0.2) is 41.5 Å². The molecule has 1 fully saturated rings. The average molecular weight is 577 g/mol. The molecule has 0 bridgehead atoms. The van der Waals surface area contributed by atoms with Gasteiger partial charge in [0, 0.05) is 17.5 Å². The first-order chi connectivity index (χ1) is 19.7. The molecule has 5 rings (SSSR count). The number of sulfonamides is 1. The van der Waals surface area contributed by atoms with Crippen molar-refractivity contribution >= 4 is 33.3 Å². The summed E-state index contributed by atoms with van der Waals surface area (Å²) in [6.07, 6.45) is 6.81. The third-order valence-electron chi connectivity index (χ3n) is 8.25. The average Bonchev–Trinajstić information content (AvgIpc) is 3.64. The van der Waals surface area contributed by atoms with Crippen molar-refractivity contribution < 1.29 is 17.7 Å². The number of aliphatic imine (C=N–C) groups is 1. The third kappa shape index (κ3) is 5.56. The van der Waals surface area contributed by atoms with E-state index in [4.69, 9.17) is 9.52 Å². The Morgan fingerprint density at radius 3 is 2.39 bits per heavy atom. The molecule has 1 aliphatic heterocycles. The smallest absolute Gasteiger partial charge is 0.256 e. The zero-order chi connectivity index (χ0) is 29.2. The molecule has 9 heteroatoms. The number of anilines is 2. The summed E-state index contributed by atoms with van der Waals surface area (Å²) in [5.41, 5.74) is 3.02. The monoisotopic (exact) mass is 576 g/mol. The topological polar surface area (TPSA) is 96.1 Å². The summed E-state index contributed by atoms with van der Waals surface area (Å²) in [6, 6.07) is 15.6. The Labute approximate surface area is 243 Å². The number of nitrogens with zero attached hydrogens (tertiary/aromatic N) is 4. The number of hydrogen-bond donors (Lipinski definition) is 0. The van der Waals surface area contributed by atoms with Gasteiger partial charge in [0.15, 0.2) is 5.82 Å². The molecule has 0 atom stereocenters. The standard InChI is InChI=1S/C32H40N4O4S/c1-5-7-15-29-33-32(18-11-12-19-32)31(37)35(29)22-25-16-17-27(26-13-9-8-10-14-26)28(21-25)36(41(38,39)20-6-2)30-23(3)24(4)40-34-30/h8-10,13-14,16-17,21H,5-7,11-12,15,18-20,22H2,1-4H3. The van der Waals surface area contributed by atoms with Gasteiger partial charge >= 0.3 is 0 Å². The van der Waals surface area contributed by atoms with Gasteiger partial charge in [-0.1, -0.05) is 80.7 Å². The molecular formula is C32H40N4O4S. The summed E-state index contributed by atoms with van der Waals surface area (Å²) in [5, 5.41) is 4.20. The molecule has 0 N–H and O–H groups in total. The molecule has 1 aliphatic carbocycles. The van der Waals surface area contributed by atoms with E-state index in [2.05, 4.69) is 12.1 Å². The summed E-state index contributed by atoms with van der Waals surface area (Å²) in [5.74, 6) is 1.71. The van der Waals surface area contributed by atoms with Crippen LogP contribution in [0, 0.1) is 13.8 Å². The van der Waals surface area contributed by atoms with E-state index in [0.717, 1.165) is 67.5 Å². The van der Waals surface area contributed by atoms with Gasteiger partial charge in [0.2, 0.25) is 10.0 Å². The van der Waals surface area contributed by atoms with Gasteiger partial charge in [-0.3, -0.25) is 14.7 Å². The molecule has 3 aromatic rings. The number of carbonyl (C=O) groups excluding carboxylic acids is 1. The largest absolute Gasteiger partial charge is 0.359 e. The van der Waals surface area contributed by atoms with Crippen LogP contribution in [0.2, 0.25) is 0 Å². The lowest BCUT2D eigenvalue weighted by atomic mass is 9.97. The number of aromatic nitrogens is 1. The van der Waals surface area contributed by atoms with Crippen LogP contribution in [0.25, 0.3) is 11.1 Å². The molecule has 1 saturated carbocycles. The molecule has 2 aromatic carbocycles. The van der Waals surface area contributed by atoms with Crippen LogP contribution in [0.4, 0.5) is 11.5 Å². The van der Waals surface area contributed by atoms with Gasteiger partial charge in [0.25, 0.3) is 5.91 Å². The number of benzene rings is 2. The lowest BCUT2D eigenvalue weighted by Crippen LogP contribution is -2.40. The number of rotatable bonds is 11. The van der Waals surface area contributed by atoms with Crippen molar-refractivity contribution in [3.05, 3.63) is 65.4 Å². The molecular weight excluding hydrogens is 536 g/mol. The molecule has 1 aromatic heterocycles. The number of unbranched alkanes of at least 4 members (excludes halogenated alkanes) is 1. The van der Waals surface area contributed by atoms with E-state index in [1.165, 1.54) is 4.31 Å². The lowest BCUT2D eigenvalue weighted by molar-refractivity contribution is -0.131. The molecule has 218 valence electrons. The number of amides is 1. The van der Waals surface area contributed by atoms with Crippen LogP contribution in [0.5, 0.6) is 0 Å². The fourth-order valence-corrected chi connectivity index (χ4v) is 7.51. The highest BCUT2D eigenvalue weighted by atomic mass is 32.2. The Bertz CT molecular complexity index is 1540. The van der Waals surface area contributed by atoms with Gasteiger partial charge in [-0.15, -0.1) is 0 Å². The van der Waals surface area contributed by atoms with Gasteiger partial charge < -0.3 is 4.52 Å². The van der Waals surface area contributed by atoms with Crippen LogP contribution in [0.15, 0.2) is 58.0 Å². The minimum Gasteiger partial charge on any atom is -0.359 e. The highest BCUT2D eigenvalue weighted by Crippen LogP contribution is 2.42. The molecule has 0 saturated heterocycles. The van der Waals surface area contributed by atoms with Crippen molar-refractivity contribution in [3.63, 3.8) is 0 Å². The van der Waals surface area contributed by atoms with E-state index < -0.39 is 15.6 Å². The van der Waals surface area contributed by atoms with Crippen molar-refractivity contribution in [3.8, 4) is 11.1 Å². The Hall–Kier alpha value is -3.46. The first-order valence-corrected chi connectivity index (χ1v) is 16.4. The summed E-state index contributed by atoms with van der Waals surface area (Å²) in [7, 11) is -3.81. The van der Waals surface area contributed by atoms with Gasteiger partial charge in [-0.25, -0.2) is 12.7 Å². The molecule has 1 amide bonds. The molecule has 0 radical (unpaired) electrons. The van der Waals surface area contributed by atoms with Gasteiger partial charge in [0.1, 0.15) is 17.1 Å². The molecule has 8 nitrogen and oxygen atoms in total. The van der Waals surface area contributed by atoms with Crippen molar-refractivity contribution in [2.45, 2.75) is 91.1 Å². The second-order valence-electron chi connectivity index (χ2n) is 11.2. The van der Waals surface area contributed by atoms with E-state index >= 15 is 0 Å².